The lowest BCUT2D eigenvalue weighted by atomic mass is 9.92. The summed E-state index contributed by atoms with van der Waals surface area (Å²) in [6, 6.07) is 15.1. The Labute approximate surface area is 179 Å². The summed E-state index contributed by atoms with van der Waals surface area (Å²) in [6.45, 7) is 5.03. The van der Waals surface area contributed by atoms with Crippen LogP contribution in [0.5, 0.6) is 11.5 Å². The summed E-state index contributed by atoms with van der Waals surface area (Å²) >= 11 is 0. The normalized spacial score (nSPS) is 20.6. The van der Waals surface area contributed by atoms with Crippen LogP contribution in [0.2, 0.25) is 0 Å². The highest BCUT2D eigenvalue weighted by Crippen LogP contribution is 2.42. The van der Waals surface area contributed by atoms with Crippen LogP contribution in [0, 0.1) is 0 Å². The van der Waals surface area contributed by atoms with Gasteiger partial charge in [-0.15, -0.1) is 0 Å². The molecule has 0 aliphatic carbocycles. The molecule has 30 heavy (non-hydrogen) atoms. The van der Waals surface area contributed by atoms with Crippen molar-refractivity contribution < 1.29 is 14.3 Å². The molecular formula is C25H32N2O3. The van der Waals surface area contributed by atoms with Crippen LogP contribution in [0.1, 0.15) is 48.4 Å². The lowest BCUT2D eigenvalue weighted by molar-refractivity contribution is -0.131. The van der Waals surface area contributed by atoms with Gasteiger partial charge in [-0.05, 0) is 53.6 Å². The van der Waals surface area contributed by atoms with E-state index in [0.717, 1.165) is 50.5 Å². The molecule has 2 aromatic carbocycles. The number of likely N-dealkylation sites (tertiary alicyclic amines) is 1. The Bertz CT molecular complexity index is 880. The number of hydrogen-bond acceptors (Lipinski definition) is 4. The molecule has 1 fully saturated rings. The molecule has 0 unspecified atom stereocenters. The van der Waals surface area contributed by atoms with Crippen LogP contribution in [0.3, 0.4) is 0 Å². The van der Waals surface area contributed by atoms with Crippen LogP contribution in [-0.2, 0) is 11.2 Å². The first-order valence-electron chi connectivity index (χ1n) is 11.0. The van der Waals surface area contributed by atoms with Gasteiger partial charge in [-0.1, -0.05) is 31.2 Å². The van der Waals surface area contributed by atoms with Crippen molar-refractivity contribution >= 4 is 5.91 Å². The van der Waals surface area contributed by atoms with Crippen LogP contribution >= 0.6 is 0 Å². The van der Waals surface area contributed by atoms with Gasteiger partial charge in [0.1, 0.15) is 11.5 Å². The van der Waals surface area contributed by atoms with E-state index in [2.05, 4.69) is 42.2 Å². The van der Waals surface area contributed by atoms with E-state index in [0.29, 0.717) is 12.5 Å². The van der Waals surface area contributed by atoms with E-state index in [9.17, 15) is 4.79 Å². The summed E-state index contributed by atoms with van der Waals surface area (Å²) in [6.07, 6.45) is 2.97. The van der Waals surface area contributed by atoms with E-state index in [-0.39, 0.29) is 11.9 Å². The maximum Gasteiger partial charge on any atom is 0.236 e. The van der Waals surface area contributed by atoms with Gasteiger partial charge in [0.15, 0.2) is 0 Å². The fraction of sp³-hybridized carbons (Fsp3) is 0.480. The highest BCUT2D eigenvalue weighted by atomic mass is 16.5. The number of ether oxygens (including phenoxy) is 2. The first kappa shape index (κ1) is 20.7. The zero-order chi connectivity index (χ0) is 21.1. The van der Waals surface area contributed by atoms with E-state index >= 15 is 0 Å². The number of amides is 1. The predicted octanol–water partition coefficient (Wildman–Crippen LogP) is 4.03. The number of rotatable bonds is 7. The molecule has 0 N–H and O–H groups in total. The van der Waals surface area contributed by atoms with E-state index in [1.165, 1.54) is 16.7 Å². The van der Waals surface area contributed by atoms with Gasteiger partial charge in [0.2, 0.25) is 5.91 Å². The molecule has 5 nitrogen and oxygen atoms in total. The molecule has 2 heterocycles. The lowest BCUT2D eigenvalue weighted by Crippen LogP contribution is -2.38. The summed E-state index contributed by atoms with van der Waals surface area (Å²) in [7, 11) is 3.59. The Balaban J connectivity index is 1.56. The van der Waals surface area contributed by atoms with Crippen LogP contribution in [0.4, 0.5) is 0 Å². The first-order chi connectivity index (χ1) is 14.6. The minimum absolute atomic E-state index is 0.193. The van der Waals surface area contributed by atoms with Gasteiger partial charge in [0, 0.05) is 32.6 Å². The number of nitrogens with zero attached hydrogens (tertiary/aromatic N) is 2. The second kappa shape index (κ2) is 9.09. The van der Waals surface area contributed by atoms with Crippen LogP contribution in [0.25, 0.3) is 0 Å². The zero-order valence-corrected chi connectivity index (χ0v) is 18.3. The van der Waals surface area contributed by atoms with Crippen LogP contribution in [0.15, 0.2) is 42.5 Å². The zero-order valence-electron chi connectivity index (χ0n) is 18.3. The molecule has 2 aliphatic rings. The molecule has 4 rings (SSSR count). The molecule has 1 saturated heterocycles. The van der Waals surface area contributed by atoms with Crippen molar-refractivity contribution in [2.24, 2.45) is 0 Å². The van der Waals surface area contributed by atoms with Crippen molar-refractivity contribution in [3.05, 3.63) is 59.2 Å². The summed E-state index contributed by atoms with van der Waals surface area (Å²) in [4.78, 5) is 17.0. The third-order valence-corrected chi connectivity index (χ3v) is 6.41. The third kappa shape index (κ3) is 4.31. The highest BCUT2D eigenvalue weighted by Gasteiger charge is 2.35. The standard InChI is InChI=1S/C25H32N2O3/c1-4-12-26(2)25(28)17-27-16-21(19-7-10-24-20(14-19)11-13-30-24)15-23(27)18-5-8-22(29-3)9-6-18/h5-10,14,21,23H,4,11-13,15-17H2,1-3H3/t21-,23+/m0/s1. The molecule has 0 aromatic heterocycles. The van der Waals surface area contributed by atoms with Gasteiger partial charge >= 0.3 is 0 Å². The second-order valence-corrected chi connectivity index (χ2v) is 8.43. The summed E-state index contributed by atoms with van der Waals surface area (Å²) in [5, 5.41) is 0. The number of hydrogen-bond donors (Lipinski definition) is 0. The minimum Gasteiger partial charge on any atom is -0.497 e. The van der Waals surface area contributed by atoms with Crippen molar-refractivity contribution in [1.29, 1.82) is 0 Å². The Hall–Kier alpha value is -2.53. The van der Waals surface area contributed by atoms with Crippen molar-refractivity contribution in [3.8, 4) is 11.5 Å². The maximum absolute atomic E-state index is 12.8. The van der Waals surface area contributed by atoms with E-state index < -0.39 is 0 Å². The molecule has 2 atom stereocenters. The van der Waals surface area contributed by atoms with Crippen molar-refractivity contribution in [2.75, 3.05) is 40.4 Å². The van der Waals surface area contributed by atoms with Crippen molar-refractivity contribution in [2.45, 2.75) is 38.1 Å². The van der Waals surface area contributed by atoms with Gasteiger partial charge in [0.25, 0.3) is 0 Å². The van der Waals surface area contributed by atoms with Crippen molar-refractivity contribution in [3.63, 3.8) is 0 Å². The number of likely N-dealkylation sites (N-methyl/N-ethyl adjacent to an activating group) is 1. The second-order valence-electron chi connectivity index (χ2n) is 8.43. The largest absolute Gasteiger partial charge is 0.497 e. The Kier molecular flexibility index (Phi) is 6.28. The Morgan fingerprint density at radius 1 is 1.20 bits per heavy atom. The average molecular weight is 409 g/mol. The van der Waals surface area contributed by atoms with E-state index in [1.807, 2.05) is 24.1 Å². The topological polar surface area (TPSA) is 42.0 Å². The maximum atomic E-state index is 12.8. The average Bonchev–Trinajstić information content (AvgIpc) is 3.40. The third-order valence-electron chi connectivity index (χ3n) is 6.41. The number of fused-ring (bicyclic) bond motifs is 1. The lowest BCUT2D eigenvalue weighted by Gasteiger charge is -2.26. The van der Waals surface area contributed by atoms with Gasteiger partial charge in [-0.25, -0.2) is 0 Å². The minimum atomic E-state index is 0.193. The first-order valence-corrected chi connectivity index (χ1v) is 11.0. The van der Waals surface area contributed by atoms with Gasteiger partial charge in [0.05, 0.1) is 20.3 Å². The number of carbonyl (C=O) groups is 1. The predicted molar refractivity (Wildman–Crippen MR) is 118 cm³/mol. The molecule has 0 bridgehead atoms. The number of carbonyl (C=O) groups excluding carboxylic acids is 1. The monoisotopic (exact) mass is 408 g/mol. The quantitative estimate of drug-likeness (QED) is 0.694. The molecule has 160 valence electrons. The van der Waals surface area contributed by atoms with Gasteiger partial charge in [-0.3, -0.25) is 9.69 Å². The van der Waals surface area contributed by atoms with E-state index in [4.69, 9.17) is 9.47 Å². The Morgan fingerprint density at radius 2 is 1.97 bits per heavy atom. The molecule has 1 amide bonds. The number of benzene rings is 2. The van der Waals surface area contributed by atoms with E-state index in [1.54, 1.807) is 7.11 Å². The number of methoxy groups -OCH3 is 1. The van der Waals surface area contributed by atoms with Crippen LogP contribution in [-0.4, -0.2) is 56.1 Å². The molecule has 0 saturated carbocycles. The smallest absolute Gasteiger partial charge is 0.236 e. The van der Waals surface area contributed by atoms with Gasteiger partial charge in [-0.2, -0.15) is 0 Å². The molecular weight excluding hydrogens is 376 g/mol. The molecule has 5 heteroatoms. The molecule has 2 aliphatic heterocycles. The SMILES string of the molecule is CCCN(C)C(=O)CN1C[C@@H](c2ccc3c(c2)CCO3)C[C@@H]1c1ccc(OC)cc1. The summed E-state index contributed by atoms with van der Waals surface area (Å²) in [5.74, 6) is 2.49. The van der Waals surface area contributed by atoms with Crippen LogP contribution < -0.4 is 9.47 Å². The molecule has 0 radical (unpaired) electrons. The van der Waals surface area contributed by atoms with Gasteiger partial charge < -0.3 is 14.4 Å². The molecule has 2 aromatic rings. The summed E-state index contributed by atoms with van der Waals surface area (Å²) < 4.78 is 11.0. The Morgan fingerprint density at radius 3 is 2.70 bits per heavy atom. The van der Waals surface area contributed by atoms with Crippen molar-refractivity contribution in [1.82, 2.24) is 9.80 Å². The summed E-state index contributed by atoms with van der Waals surface area (Å²) in [5.41, 5.74) is 3.91. The fourth-order valence-electron chi connectivity index (χ4n) is 4.71. The molecule has 0 spiro atoms. The highest BCUT2D eigenvalue weighted by molar-refractivity contribution is 5.78. The fourth-order valence-corrected chi connectivity index (χ4v) is 4.71.